The molecule has 0 fully saturated rings. The summed E-state index contributed by atoms with van der Waals surface area (Å²) in [5.74, 6) is 7.15. The van der Waals surface area contributed by atoms with Crippen molar-refractivity contribution in [3.05, 3.63) is 83.6 Å². The number of hydrogen-bond acceptors (Lipinski definition) is 5. The molecule has 3 rings (SSSR count). The van der Waals surface area contributed by atoms with Gasteiger partial charge in [-0.05, 0) is 41.8 Å². The molecule has 0 spiro atoms. The maximum Gasteiger partial charge on any atom is 0.233 e. The lowest BCUT2D eigenvalue weighted by molar-refractivity contribution is 0.201. The Bertz CT molecular complexity index is 867. The van der Waals surface area contributed by atoms with Crippen molar-refractivity contribution in [2.75, 3.05) is 13.2 Å². The molecule has 0 aliphatic rings. The molecule has 0 aliphatic carbocycles. The minimum atomic E-state index is -0.00865. The molecular formula is C21H18N2O3. The van der Waals surface area contributed by atoms with Crippen LogP contribution in [0.5, 0.6) is 11.6 Å². The second-order valence-corrected chi connectivity index (χ2v) is 5.38. The molecule has 0 bridgehead atoms. The van der Waals surface area contributed by atoms with Crippen LogP contribution >= 0.6 is 0 Å². The average molecular weight is 346 g/mol. The lowest BCUT2D eigenvalue weighted by atomic mass is 10.2. The maximum atomic E-state index is 8.73. The number of aromatic nitrogens is 2. The van der Waals surface area contributed by atoms with E-state index in [1.165, 1.54) is 0 Å². The van der Waals surface area contributed by atoms with Crippen molar-refractivity contribution in [1.29, 1.82) is 0 Å². The second-order valence-electron chi connectivity index (χ2n) is 5.38. The van der Waals surface area contributed by atoms with Crippen LogP contribution in [-0.2, 0) is 6.61 Å². The van der Waals surface area contributed by atoms with E-state index in [2.05, 4.69) is 22.0 Å². The first kappa shape index (κ1) is 17.5. The molecule has 0 atom stereocenters. The summed E-state index contributed by atoms with van der Waals surface area (Å²) in [4.78, 5) is 0. The molecule has 3 aromatic rings. The monoisotopic (exact) mass is 346 g/mol. The first-order chi connectivity index (χ1) is 12.8. The fourth-order valence-corrected chi connectivity index (χ4v) is 2.13. The quantitative estimate of drug-likeness (QED) is 0.696. The van der Waals surface area contributed by atoms with Crippen LogP contribution in [0.3, 0.4) is 0 Å². The lowest BCUT2D eigenvalue weighted by Gasteiger charge is -2.04. The highest BCUT2D eigenvalue weighted by atomic mass is 16.5. The highest BCUT2D eigenvalue weighted by Crippen LogP contribution is 2.12. The number of benzene rings is 2. The summed E-state index contributed by atoms with van der Waals surface area (Å²) >= 11 is 0. The Hall–Kier alpha value is -3.36. The third-order valence-corrected chi connectivity index (χ3v) is 3.42. The summed E-state index contributed by atoms with van der Waals surface area (Å²) in [5.41, 5.74) is 2.48. The van der Waals surface area contributed by atoms with Crippen molar-refractivity contribution in [3.63, 3.8) is 0 Å². The molecule has 5 nitrogen and oxygen atoms in total. The molecule has 0 amide bonds. The number of hydrogen-bond donors (Lipinski definition) is 1. The van der Waals surface area contributed by atoms with Crippen molar-refractivity contribution < 1.29 is 14.6 Å². The van der Waals surface area contributed by atoms with Gasteiger partial charge in [0.1, 0.15) is 24.7 Å². The molecule has 2 aromatic carbocycles. The van der Waals surface area contributed by atoms with Crippen LogP contribution in [0.2, 0.25) is 0 Å². The van der Waals surface area contributed by atoms with E-state index < -0.39 is 0 Å². The van der Waals surface area contributed by atoms with Gasteiger partial charge in [0.05, 0.1) is 6.61 Å². The highest BCUT2D eigenvalue weighted by Gasteiger charge is 1.98. The second kappa shape index (κ2) is 9.21. The van der Waals surface area contributed by atoms with Crippen LogP contribution in [0.1, 0.15) is 16.8 Å². The number of ether oxygens (including phenoxy) is 2. The summed E-state index contributed by atoms with van der Waals surface area (Å²) in [7, 11) is 0. The summed E-state index contributed by atoms with van der Waals surface area (Å²) in [6.45, 7) is 0.718. The van der Waals surface area contributed by atoms with E-state index in [1.54, 1.807) is 12.1 Å². The zero-order valence-corrected chi connectivity index (χ0v) is 14.1. The van der Waals surface area contributed by atoms with Gasteiger partial charge in [-0.25, -0.2) is 0 Å². The van der Waals surface area contributed by atoms with Gasteiger partial charge in [-0.2, -0.15) is 0 Å². The van der Waals surface area contributed by atoms with E-state index in [1.807, 2.05) is 54.6 Å². The van der Waals surface area contributed by atoms with Crippen molar-refractivity contribution in [1.82, 2.24) is 10.2 Å². The van der Waals surface area contributed by atoms with Gasteiger partial charge in [0.2, 0.25) is 5.88 Å². The van der Waals surface area contributed by atoms with Crippen molar-refractivity contribution in [3.8, 4) is 23.5 Å². The van der Waals surface area contributed by atoms with E-state index >= 15 is 0 Å². The fraction of sp³-hybridized carbons (Fsp3) is 0.143. The Kier molecular flexibility index (Phi) is 6.19. The number of aliphatic hydroxyl groups excluding tert-OH is 1. The number of aliphatic hydroxyl groups is 1. The molecule has 0 aliphatic heterocycles. The van der Waals surface area contributed by atoms with Crippen LogP contribution in [0.25, 0.3) is 0 Å². The molecule has 1 aromatic heterocycles. The fourth-order valence-electron chi connectivity index (χ4n) is 2.13. The SMILES string of the molecule is OCCOc1ccc(C#Cc2ccc(OCc3ccccc3)nn2)cc1. The Balaban J connectivity index is 1.56. The Labute approximate surface area is 152 Å². The summed E-state index contributed by atoms with van der Waals surface area (Å²) < 4.78 is 10.9. The largest absolute Gasteiger partial charge is 0.491 e. The number of rotatable bonds is 6. The van der Waals surface area contributed by atoms with E-state index in [-0.39, 0.29) is 13.2 Å². The first-order valence-electron chi connectivity index (χ1n) is 8.20. The van der Waals surface area contributed by atoms with Gasteiger partial charge in [0.25, 0.3) is 0 Å². The summed E-state index contributed by atoms with van der Waals surface area (Å²) in [5, 5.41) is 16.8. The molecular weight excluding hydrogens is 328 g/mol. The lowest BCUT2D eigenvalue weighted by Crippen LogP contribution is -2.01. The van der Waals surface area contributed by atoms with E-state index in [0.717, 1.165) is 11.1 Å². The Morgan fingerprint density at radius 3 is 2.31 bits per heavy atom. The molecule has 26 heavy (non-hydrogen) atoms. The number of nitrogens with zero attached hydrogens (tertiary/aromatic N) is 2. The van der Waals surface area contributed by atoms with Gasteiger partial charge < -0.3 is 14.6 Å². The topological polar surface area (TPSA) is 64.5 Å². The minimum Gasteiger partial charge on any atom is -0.491 e. The van der Waals surface area contributed by atoms with Crippen molar-refractivity contribution >= 4 is 0 Å². The molecule has 0 saturated heterocycles. The summed E-state index contributed by atoms with van der Waals surface area (Å²) in [6.07, 6.45) is 0. The standard InChI is InChI=1S/C21H18N2O3/c24-14-15-25-20-11-7-17(8-12-20)6-9-19-10-13-21(23-22-19)26-16-18-4-2-1-3-5-18/h1-5,7-8,10-13,24H,14-16H2. The highest BCUT2D eigenvalue weighted by molar-refractivity contribution is 5.42. The molecule has 0 radical (unpaired) electrons. The molecule has 0 unspecified atom stereocenters. The average Bonchev–Trinajstić information content (AvgIpc) is 2.71. The van der Waals surface area contributed by atoms with Gasteiger partial charge in [-0.15, -0.1) is 10.2 Å². The normalized spacial score (nSPS) is 9.88. The minimum absolute atomic E-state index is 0.00865. The molecule has 0 saturated carbocycles. The Morgan fingerprint density at radius 1 is 0.808 bits per heavy atom. The van der Waals surface area contributed by atoms with Gasteiger partial charge >= 0.3 is 0 Å². The van der Waals surface area contributed by atoms with E-state index in [4.69, 9.17) is 14.6 Å². The zero-order valence-electron chi connectivity index (χ0n) is 14.1. The zero-order chi connectivity index (χ0) is 18.0. The van der Waals surface area contributed by atoms with Gasteiger partial charge in [0.15, 0.2) is 0 Å². The predicted octanol–water partition coefficient (Wildman–Crippen LogP) is 2.83. The molecule has 1 N–H and O–H groups in total. The van der Waals surface area contributed by atoms with Gasteiger partial charge in [-0.1, -0.05) is 36.3 Å². The van der Waals surface area contributed by atoms with Crippen LogP contribution in [0.4, 0.5) is 0 Å². The predicted molar refractivity (Wildman–Crippen MR) is 97.8 cm³/mol. The smallest absolute Gasteiger partial charge is 0.233 e. The third kappa shape index (κ3) is 5.33. The summed E-state index contributed by atoms with van der Waals surface area (Å²) in [6, 6.07) is 20.7. The first-order valence-corrected chi connectivity index (χ1v) is 8.20. The van der Waals surface area contributed by atoms with Crippen LogP contribution in [0, 0.1) is 11.8 Å². The van der Waals surface area contributed by atoms with Crippen molar-refractivity contribution in [2.24, 2.45) is 0 Å². The Morgan fingerprint density at radius 2 is 1.62 bits per heavy atom. The molecule has 130 valence electrons. The van der Waals surface area contributed by atoms with Crippen LogP contribution in [-0.4, -0.2) is 28.5 Å². The molecule has 1 heterocycles. The molecule has 5 heteroatoms. The van der Waals surface area contributed by atoms with Crippen molar-refractivity contribution in [2.45, 2.75) is 6.61 Å². The van der Waals surface area contributed by atoms with Gasteiger partial charge in [0, 0.05) is 11.6 Å². The van der Waals surface area contributed by atoms with Gasteiger partial charge in [-0.3, -0.25) is 0 Å². The maximum absolute atomic E-state index is 8.73. The van der Waals surface area contributed by atoms with Crippen LogP contribution < -0.4 is 9.47 Å². The van der Waals surface area contributed by atoms with E-state index in [0.29, 0.717) is 23.9 Å². The van der Waals surface area contributed by atoms with Crippen LogP contribution in [0.15, 0.2) is 66.7 Å². The third-order valence-electron chi connectivity index (χ3n) is 3.42. The van der Waals surface area contributed by atoms with E-state index in [9.17, 15) is 0 Å².